The molecule has 1 fully saturated rings. The molecule has 0 bridgehead atoms. The molecule has 0 aliphatic carbocycles. The minimum Gasteiger partial charge on any atom is -0.365 e. The number of rotatable bonds is 2. The molecule has 0 aromatic heterocycles. The zero-order chi connectivity index (χ0) is 16.0. The van der Waals surface area contributed by atoms with Gasteiger partial charge in [-0.2, -0.15) is 0 Å². The van der Waals surface area contributed by atoms with Gasteiger partial charge in [0.15, 0.2) is 0 Å². The summed E-state index contributed by atoms with van der Waals surface area (Å²) >= 11 is 19.2. The number of anilines is 1. The van der Waals surface area contributed by atoms with Gasteiger partial charge in [0, 0.05) is 25.0 Å². The quantitative estimate of drug-likeness (QED) is 0.760. The summed E-state index contributed by atoms with van der Waals surface area (Å²) in [6, 6.07) is 12.5. The van der Waals surface area contributed by atoms with E-state index in [-0.39, 0.29) is 5.41 Å². The molecule has 1 unspecified atom stereocenters. The molecular weight excluding hydrogens is 351 g/mol. The Morgan fingerprint density at radius 2 is 1.87 bits per heavy atom. The van der Waals surface area contributed by atoms with Crippen LogP contribution in [0.25, 0.3) is 0 Å². The maximum absolute atomic E-state index is 6.59. The Balaban J connectivity index is 1.81. The van der Waals surface area contributed by atoms with Crippen molar-refractivity contribution >= 4 is 40.5 Å². The van der Waals surface area contributed by atoms with E-state index in [4.69, 9.17) is 34.8 Å². The lowest BCUT2D eigenvalue weighted by Gasteiger charge is -2.25. The Hall–Kier alpha value is -0.930. The van der Waals surface area contributed by atoms with Crippen molar-refractivity contribution in [3.8, 4) is 0 Å². The average Bonchev–Trinajstić information content (AvgIpc) is 3.13. The molecule has 2 heterocycles. The molecule has 120 valence electrons. The Labute approximate surface area is 151 Å². The van der Waals surface area contributed by atoms with Crippen LogP contribution >= 0.6 is 34.8 Å². The van der Waals surface area contributed by atoms with E-state index in [2.05, 4.69) is 34.5 Å². The summed E-state index contributed by atoms with van der Waals surface area (Å²) in [5.41, 5.74) is 3.64. The molecule has 5 heteroatoms. The second kappa shape index (κ2) is 5.86. The summed E-state index contributed by atoms with van der Waals surface area (Å²) in [4.78, 5) is 2.35. The van der Waals surface area contributed by atoms with Gasteiger partial charge in [-0.1, -0.05) is 65.1 Å². The number of nitrogens with one attached hydrogen (secondary N) is 1. The summed E-state index contributed by atoms with van der Waals surface area (Å²) in [5.74, 6) is 0. The average molecular weight is 368 g/mol. The summed E-state index contributed by atoms with van der Waals surface area (Å²) < 4.78 is 0. The number of benzene rings is 2. The zero-order valence-electron chi connectivity index (χ0n) is 12.6. The highest BCUT2D eigenvalue weighted by Crippen LogP contribution is 2.52. The minimum atomic E-state index is 0.0853. The van der Waals surface area contributed by atoms with Crippen LogP contribution in [0, 0.1) is 0 Å². The van der Waals surface area contributed by atoms with E-state index < -0.39 is 0 Å². The van der Waals surface area contributed by atoms with Gasteiger partial charge in [-0.3, -0.25) is 0 Å². The summed E-state index contributed by atoms with van der Waals surface area (Å²) in [6.07, 6.45) is 1.10. The fourth-order valence-corrected chi connectivity index (χ4v) is 4.59. The highest BCUT2D eigenvalue weighted by Gasteiger charge is 2.46. The third-order valence-electron chi connectivity index (χ3n) is 4.98. The first kappa shape index (κ1) is 15.6. The van der Waals surface area contributed by atoms with E-state index in [0.717, 1.165) is 38.3 Å². The van der Waals surface area contributed by atoms with Crippen LogP contribution in [0.2, 0.25) is 15.1 Å². The molecule has 1 spiro atoms. The Bertz CT molecular complexity index is 740. The standard InChI is InChI=1S/C18H17Cl3N2/c19-14-8-13-17(16(21)15(14)20)23(9-12-4-2-1-3-5-12)11-18(13)6-7-22-10-18/h1-5,8,22H,6-7,9-11H2. The predicted octanol–water partition coefficient (Wildman–Crippen LogP) is 4.90. The first-order valence-corrected chi connectivity index (χ1v) is 8.92. The Morgan fingerprint density at radius 1 is 1.09 bits per heavy atom. The van der Waals surface area contributed by atoms with E-state index in [1.54, 1.807) is 0 Å². The van der Waals surface area contributed by atoms with Gasteiger partial charge in [-0.15, -0.1) is 0 Å². The van der Waals surface area contributed by atoms with Crippen LogP contribution in [0.3, 0.4) is 0 Å². The molecule has 2 aromatic rings. The Kier molecular flexibility index (Phi) is 3.97. The molecule has 2 aliphatic rings. The van der Waals surface area contributed by atoms with Crippen molar-refractivity contribution < 1.29 is 0 Å². The molecule has 4 rings (SSSR count). The molecule has 23 heavy (non-hydrogen) atoms. The topological polar surface area (TPSA) is 15.3 Å². The third-order valence-corrected chi connectivity index (χ3v) is 6.23. The highest BCUT2D eigenvalue weighted by atomic mass is 35.5. The van der Waals surface area contributed by atoms with Crippen LogP contribution in [0.4, 0.5) is 5.69 Å². The largest absolute Gasteiger partial charge is 0.365 e. The minimum absolute atomic E-state index is 0.0853. The summed E-state index contributed by atoms with van der Waals surface area (Å²) in [6.45, 7) is 3.75. The predicted molar refractivity (Wildman–Crippen MR) is 98.1 cm³/mol. The maximum atomic E-state index is 6.59. The molecule has 2 aliphatic heterocycles. The van der Waals surface area contributed by atoms with Crippen LogP contribution in [-0.2, 0) is 12.0 Å². The van der Waals surface area contributed by atoms with E-state index in [1.807, 2.05) is 12.1 Å². The molecular formula is C18H17Cl3N2. The smallest absolute Gasteiger partial charge is 0.0844 e. The Morgan fingerprint density at radius 3 is 2.57 bits per heavy atom. The SMILES string of the molecule is Clc1cc2c(c(Cl)c1Cl)N(Cc1ccccc1)CC21CCNC1. The molecule has 2 aromatic carbocycles. The zero-order valence-corrected chi connectivity index (χ0v) is 14.8. The lowest BCUT2D eigenvalue weighted by atomic mass is 9.82. The van der Waals surface area contributed by atoms with Crippen LogP contribution in [-0.4, -0.2) is 19.6 Å². The van der Waals surface area contributed by atoms with Crippen LogP contribution in [0.1, 0.15) is 17.5 Å². The van der Waals surface area contributed by atoms with Crippen molar-refractivity contribution in [2.45, 2.75) is 18.4 Å². The molecule has 1 saturated heterocycles. The molecule has 1 atom stereocenters. The van der Waals surface area contributed by atoms with Crippen molar-refractivity contribution in [1.29, 1.82) is 0 Å². The van der Waals surface area contributed by atoms with Gasteiger partial charge in [-0.25, -0.2) is 0 Å². The van der Waals surface area contributed by atoms with Crippen LogP contribution in [0.5, 0.6) is 0 Å². The number of nitrogens with zero attached hydrogens (tertiary/aromatic N) is 1. The van der Waals surface area contributed by atoms with E-state index >= 15 is 0 Å². The first-order chi connectivity index (χ1) is 11.1. The summed E-state index contributed by atoms with van der Waals surface area (Å²) in [7, 11) is 0. The number of fused-ring (bicyclic) bond motifs is 2. The summed E-state index contributed by atoms with van der Waals surface area (Å²) in [5, 5.41) is 5.06. The first-order valence-electron chi connectivity index (χ1n) is 7.78. The second-order valence-corrected chi connectivity index (χ2v) is 7.59. The molecule has 0 radical (unpaired) electrons. The fourth-order valence-electron chi connectivity index (χ4n) is 3.88. The van der Waals surface area contributed by atoms with Gasteiger partial charge >= 0.3 is 0 Å². The van der Waals surface area contributed by atoms with Gasteiger partial charge in [0.1, 0.15) is 0 Å². The number of hydrogen-bond donors (Lipinski definition) is 1. The van der Waals surface area contributed by atoms with E-state index in [9.17, 15) is 0 Å². The lowest BCUT2D eigenvalue weighted by molar-refractivity contribution is 0.495. The molecule has 2 nitrogen and oxygen atoms in total. The van der Waals surface area contributed by atoms with E-state index in [1.165, 1.54) is 11.1 Å². The molecule has 0 amide bonds. The van der Waals surface area contributed by atoms with Crippen molar-refractivity contribution in [2.24, 2.45) is 0 Å². The van der Waals surface area contributed by atoms with Gasteiger partial charge in [0.2, 0.25) is 0 Å². The van der Waals surface area contributed by atoms with Crippen molar-refractivity contribution in [3.63, 3.8) is 0 Å². The van der Waals surface area contributed by atoms with Gasteiger partial charge in [0.05, 0.1) is 20.8 Å². The highest BCUT2D eigenvalue weighted by molar-refractivity contribution is 6.49. The van der Waals surface area contributed by atoms with Crippen molar-refractivity contribution in [1.82, 2.24) is 5.32 Å². The monoisotopic (exact) mass is 366 g/mol. The second-order valence-electron chi connectivity index (χ2n) is 6.43. The number of hydrogen-bond acceptors (Lipinski definition) is 2. The van der Waals surface area contributed by atoms with E-state index in [0.29, 0.717) is 15.1 Å². The van der Waals surface area contributed by atoms with Crippen LogP contribution < -0.4 is 10.2 Å². The van der Waals surface area contributed by atoms with Crippen molar-refractivity contribution in [3.05, 3.63) is 62.6 Å². The lowest BCUT2D eigenvalue weighted by Crippen LogP contribution is -2.35. The normalized spacial score (nSPS) is 22.8. The number of halogens is 3. The third kappa shape index (κ3) is 2.53. The van der Waals surface area contributed by atoms with Crippen molar-refractivity contribution in [2.75, 3.05) is 24.5 Å². The molecule has 0 saturated carbocycles. The fraction of sp³-hybridized carbons (Fsp3) is 0.333. The van der Waals surface area contributed by atoms with Crippen LogP contribution in [0.15, 0.2) is 36.4 Å². The van der Waals surface area contributed by atoms with Gasteiger partial charge < -0.3 is 10.2 Å². The van der Waals surface area contributed by atoms with Gasteiger partial charge in [-0.05, 0) is 30.2 Å². The maximum Gasteiger partial charge on any atom is 0.0844 e. The molecule has 1 N–H and O–H groups in total. The van der Waals surface area contributed by atoms with Gasteiger partial charge in [0.25, 0.3) is 0 Å².